The Morgan fingerprint density at radius 1 is 1.08 bits per heavy atom. The zero-order chi connectivity index (χ0) is 18.4. The molecule has 1 aromatic heterocycles. The van der Waals surface area contributed by atoms with Gasteiger partial charge < -0.3 is 14.5 Å². The molecule has 134 valence electrons. The van der Waals surface area contributed by atoms with Gasteiger partial charge in [0.2, 0.25) is 0 Å². The first-order valence-electron chi connectivity index (χ1n) is 8.69. The highest BCUT2D eigenvalue weighted by atomic mass is 16.5. The molecule has 1 N–H and O–H groups in total. The molecule has 2 aromatic carbocycles. The van der Waals surface area contributed by atoms with E-state index in [1.54, 1.807) is 24.3 Å². The lowest BCUT2D eigenvalue weighted by molar-refractivity contribution is -0.118. The summed E-state index contributed by atoms with van der Waals surface area (Å²) in [6.45, 7) is 2.04. The minimum absolute atomic E-state index is 0.125. The van der Waals surface area contributed by atoms with E-state index in [1.165, 1.54) is 11.6 Å². The van der Waals surface area contributed by atoms with E-state index in [2.05, 4.69) is 12.2 Å². The second-order valence-corrected chi connectivity index (χ2v) is 6.09. The van der Waals surface area contributed by atoms with Crippen LogP contribution in [0.15, 0.2) is 63.8 Å². The van der Waals surface area contributed by atoms with Crippen LogP contribution in [0.2, 0.25) is 0 Å². The zero-order valence-electron chi connectivity index (χ0n) is 14.7. The number of rotatable bonds is 7. The SMILES string of the molecule is CCCCc1ccc(NC(=O)COc2ccc3ccc(=O)oc3c2)cc1. The van der Waals surface area contributed by atoms with E-state index in [0.29, 0.717) is 11.3 Å². The summed E-state index contributed by atoms with van der Waals surface area (Å²) in [5.41, 5.74) is 2.01. The number of carbonyl (C=O) groups excluding carboxylic acids is 1. The van der Waals surface area contributed by atoms with Crippen LogP contribution >= 0.6 is 0 Å². The molecule has 5 heteroatoms. The highest BCUT2D eigenvalue weighted by Gasteiger charge is 2.06. The Kier molecular flexibility index (Phi) is 5.69. The van der Waals surface area contributed by atoms with Crippen molar-refractivity contribution in [3.05, 3.63) is 70.6 Å². The summed E-state index contributed by atoms with van der Waals surface area (Å²) in [6.07, 6.45) is 3.37. The van der Waals surface area contributed by atoms with Crippen LogP contribution in [0.4, 0.5) is 5.69 Å². The average Bonchev–Trinajstić information content (AvgIpc) is 2.65. The fourth-order valence-electron chi connectivity index (χ4n) is 2.61. The van der Waals surface area contributed by atoms with E-state index in [4.69, 9.17) is 9.15 Å². The van der Waals surface area contributed by atoms with Crippen molar-refractivity contribution in [1.82, 2.24) is 0 Å². The lowest BCUT2D eigenvalue weighted by Crippen LogP contribution is -2.20. The molecular weight excluding hydrogens is 330 g/mol. The van der Waals surface area contributed by atoms with E-state index in [0.717, 1.165) is 30.3 Å². The minimum atomic E-state index is -0.422. The fraction of sp³-hybridized carbons (Fsp3) is 0.238. The first kappa shape index (κ1) is 17.7. The molecule has 1 amide bonds. The summed E-state index contributed by atoms with van der Waals surface area (Å²) < 4.78 is 10.6. The summed E-state index contributed by atoms with van der Waals surface area (Å²) in [5, 5.41) is 3.60. The number of amides is 1. The predicted molar refractivity (Wildman–Crippen MR) is 102 cm³/mol. The lowest BCUT2D eigenvalue weighted by atomic mass is 10.1. The Morgan fingerprint density at radius 2 is 1.85 bits per heavy atom. The van der Waals surface area contributed by atoms with E-state index in [9.17, 15) is 9.59 Å². The van der Waals surface area contributed by atoms with Crippen molar-refractivity contribution in [3.8, 4) is 5.75 Å². The normalized spacial score (nSPS) is 10.7. The molecule has 0 bridgehead atoms. The van der Waals surface area contributed by atoms with Crippen LogP contribution in [0, 0.1) is 0 Å². The summed E-state index contributed by atoms with van der Waals surface area (Å²) >= 11 is 0. The van der Waals surface area contributed by atoms with Gasteiger partial charge in [0.15, 0.2) is 6.61 Å². The predicted octanol–water partition coefficient (Wildman–Crippen LogP) is 4.15. The van der Waals surface area contributed by atoms with Gasteiger partial charge in [-0.3, -0.25) is 4.79 Å². The second kappa shape index (κ2) is 8.34. The third-order valence-electron chi connectivity index (χ3n) is 4.02. The standard InChI is InChI=1S/C21H21NO4/c1-2-3-4-15-5-9-17(10-6-15)22-20(23)14-25-18-11-7-16-8-12-21(24)26-19(16)13-18/h5-13H,2-4,14H2,1H3,(H,22,23). The summed E-state index contributed by atoms with van der Waals surface area (Å²) in [5.74, 6) is 0.220. The molecule has 5 nitrogen and oxygen atoms in total. The maximum absolute atomic E-state index is 12.1. The van der Waals surface area contributed by atoms with Gasteiger partial charge in [0.1, 0.15) is 11.3 Å². The topological polar surface area (TPSA) is 68.5 Å². The van der Waals surface area contributed by atoms with Crippen molar-refractivity contribution in [1.29, 1.82) is 0 Å². The molecule has 0 unspecified atom stereocenters. The molecular formula is C21H21NO4. The third kappa shape index (κ3) is 4.72. The molecule has 0 spiro atoms. The monoisotopic (exact) mass is 351 g/mol. The number of ether oxygens (including phenoxy) is 1. The Hall–Kier alpha value is -3.08. The van der Waals surface area contributed by atoms with Crippen molar-refractivity contribution in [2.45, 2.75) is 26.2 Å². The van der Waals surface area contributed by atoms with Gasteiger partial charge in [-0.05, 0) is 48.7 Å². The van der Waals surface area contributed by atoms with E-state index in [-0.39, 0.29) is 12.5 Å². The Morgan fingerprint density at radius 3 is 2.62 bits per heavy atom. The number of unbranched alkanes of at least 4 members (excludes halogenated alkanes) is 1. The average molecular weight is 351 g/mol. The van der Waals surface area contributed by atoms with Crippen molar-refractivity contribution in [2.75, 3.05) is 11.9 Å². The number of nitrogens with one attached hydrogen (secondary N) is 1. The quantitative estimate of drug-likeness (QED) is 0.649. The second-order valence-electron chi connectivity index (χ2n) is 6.09. The number of anilines is 1. The summed E-state index contributed by atoms with van der Waals surface area (Å²) in [7, 11) is 0. The smallest absolute Gasteiger partial charge is 0.336 e. The maximum Gasteiger partial charge on any atom is 0.336 e. The molecule has 3 aromatic rings. The molecule has 1 heterocycles. The van der Waals surface area contributed by atoms with Crippen LogP contribution in [-0.2, 0) is 11.2 Å². The van der Waals surface area contributed by atoms with Crippen LogP contribution < -0.4 is 15.7 Å². The molecule has 0 aliphatic carbocycles. The first-order valence-corrected chi connectivity index (χ1v) is 8.69. The zero-order valence-corrected chi connectivity index (χ0v) is 14.7. The summed E-state index contributed by atoms with van der Waals surface area (Å²) in [6, 6.07) is 16.0. The molecule has 0 aliphatic rings. The molecule has 0 atom stereocenters. The highest BCUT2D eigenvalue weighted by Crippen LogP contribution is 2.19. The van der Waals surface area contributed by atoms with Gasteiger partial charge in [0, 0.05) is 23.2 Å². The van der Waals surface area contributed by atoms with Gasteiger partial charge in [-0.2, -0.15) is 0 Å². The number of hydrogen-bond donors (Lipinski definition) is 1. The molecule has 0 fully saturated rings. The molecule has 0 saturated heterocycles. The van der Waals surface area contributed by atoms with Gasteiger partial charge in [-0.1, -0.05) is 25.5 Å². The Labute approximate surface area is 151 Å². The van der Waals surface area contributed by atoms with E-state index in [1.807, 2.05) is 24.3 Å². The molecule has 0 aliphatic heterocycles. The van der Waals surface area contributed by atoms with Crippen LogP contribution in [0.1, 0.15) is 25.3 Å². The van der Waals surface area contributed by atoms with Crippen molar-refractivity contribution >= 4 is 22.6 Å². The molecule has 0 saturated carbocycles. The molecule has 3 rings (SSSR count). The number of fused-ring (bicyclic) bond motifs is 1. The van der Waals surface area contributed by atoms with Gasteiger partial charge in [-0.15, -0.1) is 0 Å². The van der Waals surface area contributed by atoms with Crippen molar-refractivity contribution in [2.24, 2.45) is 0 Å². The highest BCUT2D eigenvalue weighted by molar-refractivity contribution is 5.92. The Balaban J connectivity index is 1.56. The maximum atomic E-state index is 12.1. The van der Waals surface area contributed by atoms with Crippen LogP contribution in [0.5, 0.6) is 5.75 Å². The van der Waals surface area contributed by atoms with Gasteiger partial charge in [0.05, 0.1) is 0 Å². The summed E-state index contributed by atoms with van der Waals surface area (Å²) in [4.78, 5) is 23.3. The van der Waals surface area contributed by atoms with Crippen LogP contribution in [-0.4, -0.2) is 12.5 Å². The van der Waals surface area contributed by atoms with Crippen LogP contribution in [0.3, 0.4) is 0 Å². The fourth-order valence-corrected chi connectivity index (χ4v) is 2.61. The number of carbonyl (C=O) groups is 1. The van der Waals surface area contributed by atoms with Gasteiger partial charge >= 0.3 is 5.63 Å². The lowest BCUT2D eigenvalue weighted by Gasteiger charge is -2.08. The van der Waals surface area contributed by atoms with Crippen molar-refractivity contribution < 1.29 is 13.9 Å². The van der Waals surface area contributed by atoms with Gasteiger partial charge in [0.25, 0.3) is 5.91 Å². The first-order chi connectivity index (χ1) is 12.6. The number of benzene rings is 2. The van der Waals surface area contributed by atoms with E-state index < -0.39 is 5.63 Å². The van der Waals surface area contributed by atoms with Crippen LogP contribution in [0.25, 0.3) is 11.0 Å². The molecule has 26 heavy (non-hydrogen) atoms. The Bertz CT molecular complexity index is 944. The van der Waals surface area contributed by atoms with Crippen molar-refractivity contribution in [3.63, 3.8) is 0 Å². The number of hydrogen-bond acceptors (Lipinski definition) is 4. The third-order valence-corrected chi connectivity index (χ3v) is 4.02. The number of aryl methyl sites for hydroxylation is 1. The minimum Gasteiger partial charge on any atom is -0.484 e. The molecule has 0 radical (unpaired) electrons. The largest absolute Gasteiger partial charge is 0.484 e. The van der Waals surface area contributed by atoms with Gasteiger partial charge in [-0.25, -0.2) is 4.79 Å². The van der Waals surface area contributed by atoms with E-state index >= 15 is 0 Å².